The number of para-hydroxylation sites is 1. The molecule has 4 aromatic rings. The van der Waals surface area contributed by atoms with Gasteiger partial charge in [0.25, 0.3) is 5.91 Å². The first-order valence-corrected chi connectivity index (χ1v) is 10.4. The molecule has 146 valence electrons. The van der Waals surface area contributed by atoms with Crippen LogP contribution in [0.4, 0.5) is 0 Å². The van der Waals surface area contributed by atoms with Crippen LogP contribution in [-0.4, -0.2) is 29.9 Å². The molecule has 0 fully saturated rings. The van der Waals surface area contributed by atoms with Gasteiger partial charge in [0.1, 0.15) is 5.01 Å². The van der Waals surface area contributed by atoms with Crippen LogP contribution in [0.1, 0.15) is 21.5 Å². The van der Waals surface area contributed by atoms with E-state index < -0.39 is 0 Å². The van der Waals surface area contributed by atoms with Crippen molar-refractivity contribution in [3.63, 3.8) is 0 Å². The summed E-state index contributed by atoms with van der Waals surface area (Å²) >= 11 is 1.61. The molecular formula is C24H23N3OS. The molecule has 3 aromatic carbocycles. The molecule has 0 aliphatic heterocycles. The maximum Gasteiger partial charge on any atom is 0.252 e. The maximum atomic E-state index is 13.0. The highest BCUT2D eigenvalue weighted by atomic mass is 32.1. The number of fused-ring (bicyclic) bond motifs is 1. The number of carbonyl (C=O) groups is 1. The number of rotatable bonds is 6. The van der Waals surface area contributed by atoms with Crippen molar-refractivity contribution in [2.45, 2.75) is 13.1 Å². The van der Waals surface area contributed by atoms with Gasteiger partial charge in [0.15, 0.2) is 0 Å². The summed E-state index contributed by atoms with van der Waals surface area (Å²) in [6.45, 7) is 1.34. The summed E-state index contributed by atoms with van der Waals surface area (Å²) in [5.74, 6) is -0.0838. The third-order valence-corrected chi connectivity index (χ3v) is 5.81. The summed E-state index contributed by atoms with van der Waals surface area (Å²) in [7, 11) is 4.09. The van der Waals surface area contributed by atoms with Crippen LogP contribution in [-0.2, 0) is 13.1 Å². The van der Waals surface area contributed by atoms with Crippen molar-refractivity contribution in [2.24, 2.45) is 0 Å². The van der Waals surface area contributed by atoms with Gasteiger partial charge in [-0.3, -0.25) is 4.79 Å². The van der Waals surface area contributed by atoms with Gasteiger partial charge < -0.3 is 10.2 Å². The first-order valence-electron chi connectivity index (χ1n) is 9.56. The molecule has 1 amide bonds. The second kappa shape index (κ2) is 8.55. The monoisotopic (exact) mass is 401 g/mol. The van der Waals surface area contributed by atoms with Crippen LogP contribution >= 0.6 is 11.3 Å². The summed E-state index contributed by atoms with van der Waals surface area (Å²) in [6, 6.07) is 23.9. The molecule has 0 saturated carbocycles. The molecule has 4 nitrogen and oxygen atoms in total. The molecule has 0 aliphatic carbocycles. The largest absolute Gasteiger partial charge is 0.348 e. The molecule has 1 heterocycles. The van der Waals surface area contributed by atoms with E-state index in [1.807, 2.05) is 68.7 Å². The highest BCUT2D eigenvalue weighted by molar-refractivity contribution is 7.21. The van der Waals surface area contributed by atoms with Crippen molar-refractivity contribution < 1.29 is 4.79 Å². The Morgan fingerprint density at radius 2 is 1.62 bits per heavy atom. The fourth-order valence-corrected chi connectivity index (χ4v) is 4.36. The number of amides is 1. The van der Waals surface area contributed by atoms with Crippen molar-refractivity contribution in [2.75, 3.05) is 14.1 Å². The van der Waals surface area contributed by atoms with Gasteiger partial charge in [-0.1, -0.05) is 54.6 Å². The molecule has 4 rings (SSSR count). The Hall–Kier alpha value is -3.02. The molecule has 29 heavy (non-hydrogen) atoms. The third kappa shape index (κ3) is 4.36. The number of carbonyl (C=O) groups excluding carboxylic acids is 1. The van der Waals surface area contributed by atoms with E-state index in [0.29, 0.717) is 12.1 Å². The molecular weight excluding hydrogens is 378 g/mol. The van der Waals surface area contributed by atoms with Gasteiger partial charge >= 0.3 is 0 Å². The van der Waals surface area contributed by atoms with E-state index in [0.717, 1.165) is 32.9 Å². The zero-order valence-electron chi connectivity index (χ0n) is 16.6. The number of aromatic nitrogens is 1. The Morgan fingerprint density at radius 3 is 2.41 bits per heavy atom. The lowest BCUT2D eigenvalue weighted by atomic mass is 10.1. The van der Waals surface area contributed by atoms with Gasteiger partial charge in [-0.15, -0.1) is 11.3 Å². The molecule has 1 N–H and O–H groups in total. The lowest BCUT2D eigenvalue weighted by Gasteiger charge is -2.15. The topological polar surface area (TPSA) is 45.2 Å². The standard InChI is InChI=1S/C24H23N3OS/c1-27(2)16-18-10-4-3-9-17(18)15-25-23(28)19-11-5-6-12-20(19)24-26-21-13-7-8-14-22(21)29-24/h3-14H,15-16H2,1-2H3,(H,25,28). The Bertz CT molecular complexity index is 1120. The molecule has 0 atom stereocenters. The first-order chi connectivity index (χ1) is 14.1. The van der Waals surface area contributed by atoms with Crippen LogP contribution in [0.5, 0.6) is 0 Å². The van der Waals surface area contributed by atoms with Gasteiger partial charge in [0, 0.05) is 24.2 Å². The Kier molecular flexibility index (Phi) is 5.69. The van der Waals surface area contributed by atoms with Gasteiger partial charge in [0.2, 0.25) is 0 Å². The van der Waals surface area contributed by atoms with Crippen molar-refractivity contribution in [1.29, 1.82) is 0 Å². The normalized spacial score (nSPS) is 11.1. The quantitative estimate of drug-likeness (QED) is 0.497. The zero-order chi connectivity index (χ0) is 20.2. The lowest BCUT2D eigenvalue weighted by molar-refractivity contribution is 0.0951. The average molecular weight is 402 g/mol. The van der Waals surface area contributed by atoms with Gasteiger partial charge in [-0.05, 0) is 43.4 Å². The summed E-state index contributed by atoms with van der Waals surface area (Å²) in [5.41, 5.74) is 4.83. The second-order valence-corrected chi connectivity index (χ2v) is 8.25. The third-order valence-electron chi connectivity index (χ3n) is 4.74. The highest BCUT2D eigenvalue weighted by Gasteiger charge is 2.16. The maximum absolute atomic E-state index is 13.0. The molecule has 0 unspecified atom stereocenters. The highest BCUT2D eigenvalue weighted by Crippen LogP contribution is 2.32. The Morgan fingerprint density at radius 1 is 0.931 bits per heavy atom. The van der Waals surface area contributed by atoms with Crippen LogP contribution in [0.25, 0.3) is 20.8 Å². The molecule has 0 radical (unpaired) electrons. The lowest BCUT2D eigenvalue weighted by Crippen LogP contribution is -2.24. The minimum absolute atomic E-state index is 0.0838. The van der Waals surface area contributed by atoms with Crippen molar-refractivity contribution in [1.82, 2.24) is 15.2 Å². The van der Waals surface area contributed by atoms with E-state index in [2.05, 4.69) is 28.4 Å². The number of benzene rings is 3. The van der Waals surface area contributed by atoms with Crippen molar-refractivity contribution in [3.05, 3.63) is 89.5 Å². The predicted octanol–water partition coefficient (Wildman–Crippen LogP) is 4.95. The number of nitrogens with zero attached hydrogens (tertiary/aromatic N) is 2. The van der Waals surface area contributed by atoms with Crippen LogP contribution in [0.3, 0.4) is 0 Å². The number of nitrogens with one attached hydrogen (secondary N) is 1. The van der Waals surface area contributed by atoms with Crippen LogP contribution in [0.15, 0.2) is 72.8 Å². The molecule has 0 saturated heterocycles. The predicted molar refractivity (Wildman–Crippen MR) is 120 cm³/mol. The average Bonchev–Trinajstić information content (AvgIpc) is 3.16. The van der Waals surface area contributed by atoms with Gasteiger partial charge in [0.05, 0.1) is 10.2 Å². The smallest absolute Gasteiger partial charge is 0.252 e. The van der Waals surface area contributed by atoms with E-state index in [9.17, 15) is 4.79 Å². The molecule has 0 spiro atoms. The van der Waals surface area contributed by atoms with Crippen molar-refractivity contribution >= 4 is 27.5 Å². The van der Waals surface area contributed by atoms with Crippen LogP contribution < -0.4 is 5.32 Å². The summed E-state index contributed by atoms with van der Waals surface area (Å²) in [5, 5.41) is 3.96. The number of hydrogen-bond donors (Lipinski definition) is 1. The summed E-state index contributed by atoms with van der Waals surface area (Å²) in [4.78, 5) is 19.9. The number of thiazole rings is 1. The summed E-state index contributed by atoms with van der Waals surface area (Å²) in [6.07, 6.45) is 0. The Balaban J connectivity index is 1.58. The number of hydrogen-bond acceptors (Lipinski definition) is 4. The van der Waals surface area contributed by atoms with E-state index in [4.69, 9.17) is 4.98 Å². The molecule has 0 aliphatic rings. The Labute approximate surface area is 174 Å². The van der Waals surface area contributed by atoms with E-state index >= 15 is 0 Å². The zero-order valence-corrected chi connectivity index (χ0v) is 17.4. The van der Waals surface area contributed by atoms with Gasteiger partial charge in [-0.2, -0.15) is 0 Å². The van der Waals surface area contributed by atoms with Gasteiger partial charge in [-0.25, -0.2) is 4.98 Å². The molecule has 5 heteroatoms. The van der Waals surface area contributed by atoms with E-state index in [-0.39, 0.29) is 5.91 Å². The molecule has 1 aromatic heterocycles. The minimum atomic E-state index is -0.0838. The van der Waals surface area contributed by atoms with Crippen molar-refractivity contribution in [3.8, 4) is 10.6 Å². The van der Waals surface area contributed by atoms with Crippen LogP contribution in [0.2, 0.25) is 0 Å². The fraction of sp³-hybridized carbons (Fsp3) is 0.167. The van der Waals surface area contributed by atoms with E-state index in [1.54, 1.807) is 11.3 Å². The first kappa shape index (κ1) is 19.3. The second-order valence-electron chi connectivity index (χ2n) is 7.22. The van der Waals surface area contributed by atoms with E-state index in [1.165, 1.54) is 5.56 Å². The summed E-state index contributed by atoms with van der Waals surface area (Å²) < 4.78 is 1.12. The van der Waals surface area contributed by atoms with Crippen LogP contribution in [0, 0.1) is 0 Å². The minimum Gasteiger partial charge on any atom is -0.348 e. The molecule has 0 bridgehead atoms. The SMILES string of the molecule is CN(C)Cc1ccccc1CNC(=O)c1ccccc1-c1nc2ccccc2s1. The fourth-order valence-electron chi connectivity index (χ4n) is 3.35.